The lowest BCUT2D eigenvalue weighted by Gasteiger charge is -2.30. The number of benzene rings is 1. The van der Waals surface area contributed by atoms with Crippen LogP contribution in [0.25, 0.3) is 6.08 Å². The number of carbonyl (C=O) groups is 1. The first-order chi connectivity index (χ1) is 14.9. The third kappa shape index (κ3) is 4.72. The molecule has 1 fully saturated rings. The van der Waals surface area contributed by atoms with Crippen molar-refractivity contribution in [2.45, 2.75) is 18.9 Å². The molecule has 2 amide bonds. The molecule has 1 aromatic carbocycles. The molecule has 164 valence electrons. The molecule has 2 aliphatic heterocycles. The zero-order valence-electron chi connectivity index (χ0n) is 16.4. The highest BCUT2D eigenvalue weighted by Gasteiger charge is 2.26. The van der Waals surface area contributed by atoms with E-state index in [0.29, 0.717) is 37.4 Å². The number of nitrogens with zero attached hydrogens (tertiary/aromatic N) is 2. The molecule has 1 saturated heterocycles. The molecule has 31 heavy (non-hydrogen) atoms. The Morgan fingerprint density at radius 3 is 2.71 bits per heavy atom. The number of nitrogens with one attached hydrogen (secondary N) is 1. The first-order valence-corrected chi connectivity index (χ1v) is 10.1. The molecule has 1 aromatic heterocycles. The monoisotopic (exact) mass is 451 g/mol. The Bertz CT molecular complexity index is 1000. The summed E-state index contributed by atoms with van der Waals surface area (Å²) in [5.41, 5.74) is 1.13. The normalized spacial score (nSPS) is 18.0. The first kappa shape index (κ1) is 21.3. The van der Waals surface area contributed by atoms with Crippen molar-refractivity contribution in [2.75, 3.05) is 31.6 Å². The highest BCUT2D eigenvalue weighted by atomic mass is 35.5. The molecule has 10 heteroatoms. The SMILES string of the molecule is O=C(Nc1ccnc2c1OCC(CO)O2)N1CCC(=Cc2c(F)cc(Cl)cc2F)CC1. The van der Waals surface area contributed by atoms with E-state index in [4.69, 9.17) is 21.1 Å². The molecule has 2 N–H and O–H groups in total. The maximum Gasteiger partial charge on any atom is 0.321 e. The van der Waals surface area contributed by atoms with Gasteiger partial charge in [0, 0.05) is 29.9 Å². The number of hydrogen-bond donors (Lipinski definition) is 2. The molecule has 0 radical (unpaired) electrons. The number of piperidine rings is 1. The lowest BCUT2D eigenvalue weighted by molar-refractivity contribution is 0.0416. The van der Waals surface area contributed by atoms with Crippen LogP contribution in [0.4, 0.5) is 19.3 Å². The van der Waals surface area contributed by atoms with Gasteiger partial charge in [0.05, 0.1) is 12.3 Å². The Kier molecular flexibility index (Phi) is 6.24. The largest absolute Gasteiger partial charge is 0.482 e. The van der Waals surface area contributed by atoms with E-state index >= 15 is 0 Å². The van der Waals surface area contributed by atoms with Crippen LogP contribution in [-0.2, 0) is 0 Å². The molecule has 4 rings (SSSR count). The number of aromatic nitrogens is 1. The number of ether oxygens (including phenoxy) is 2. The molecule has 0 saturated carbocycles. The summed E-state index contributed by atoms with van der Waals surface area (Å²) in [6, 6.07) is 3.41. The van der Waals surface area contributed by atoms with E-state index in [1.165, 1.54) is 12.3 Å². The molecule has 7 nitrogen and oxygen atoms in total. The standard InChI is InChI=1S/C21H20ClF2N3O4/c22-13-8-16(23)15(17(24)9-13)7-12-2-5-27(6-3-12)21(29)26-18-1-4-25-20-19(18)30-11-14(10-28)31-20/h1,4,7-9,14,28H,2-3,5-6,10-11H2,(H,25,26,29). The fraction of sp³-hybridized carbons (Fsp3) is 0.333. The summed E-state index contributed by atoms with van der Waals surface area (Å²) in [6.07, 6.45) is 3.43. The number of aliphatic hydroxyl groups is 1. The van der Waals surface area contributed by atoms with Gasteiger partial charge in [-0.15, -0.1) is 0 Å². The van der Waals surface area contributed by atoms with Crippen molar-refractivity contribution in [3.8, 4) is 11.6 Å². The fourth-order valence-electron chi connectivity index (χ4n) is 3.44. The maximum absolute atomic E-state index is 14.0. The van der Waals surface area contributed by atoms with E-state index in [1.807, 2.05) is 0 Å². The molecule has 1 unspecified atom stereocenters. The van der Waals surface area contributed by atoms with Gasteiger partial charge in [-0.25, -0.2) is 18.6 Å². The van der Waals surface area contributed by atoms with Crippen LogP contribution in [0.1, 0.15) is 18.4 Å². The van der Waals surface area contributed by atoms with Crippen LogP contribution in [0.5, 0.6) is 11.6 Å². The number of aliphatic hydroxyl groups excluding tert-OH is 1. The smallest absolute Gasteiger partial charge is 0.321 e. The molecule has 0 spiro atoms. The summed E-state index contributed by atoms with van der Waals surface area (Å²) >= 11 is 5.66. The number of halogens is 3. The first-order valence-electron chi connectivity index (χ1n) is 9.74. The number of fused-ring (bicyclic) bond motifs is 1. The number of carbonyl (C=O) groups excluding carboxylic acids is 1. The minimum atomic E-state index is -0.717. The summed E-state index contributed by atoms with van der Waals surface area (Å²) in [5, 5.41) is 12.0. The zero-order chi connectivity index (χ0) is 22.0. The molecule has 2 aliphatic rings. The van der Waals surface area contributed by atoms with E-state index < -0.39 is 17.7 Å². The van der Waals surface area contributed by atoms with E-state index in [0.717, 1.165) is 17.7 Å². The topological polar surface area (TPSA) is 83.9 Å². The summed E-state index contributed by atoms with van der Waals surface area (Å²) in [6.45, 7) is 0.732. The van der Waals surface area contributed by atoms with Crippen molar-refractivity contribution in [1.82, 2.24) is 9.88 Å². The molecule has 2 aromatic rings. The molecular weight excluding hydrogens is 432 g/mol. The Labute approximate surface area is 182 Å². The molecule has 0 bridgehead atoms. The number of anilines is 1. The van der Waals surface area contributed by atoms with Crippen LogP contribution in [0, 0.1) is 11.6 Å². The second kappa shape index (κ2) is 9.07. The van der Waals surface area contributed by atoms with Crippen molar-refractivity contribution in [1.29, 1.82) is 0 Å². The van der Waals surface area contributed by atoms with Gasteiger partial charge in [-0.2, -0.15) is 0 Å². The number of urea groups is 1. The van der Waals surface area contributed by atoms with E-state index in [2.05, 4.69) is 10.3 Å². The number of rotatable bonds is 3. The predicted octanol–water partition coefficient (Wildman–Crippen LogP) is 3.86. The Morgan fingerprint density at radius 1 is 1.32 bits per heavy atom. The van der Waals surface area contributed by atoms with Crippen molar-refractivity contribution < 1.29 is 28.2 Å². The summed E-state index contributed by atoms with van der Waals surface area (Å²) in [4.78, 5) is 18.4. The Hall–Kier alpha value is -2.91. The molecule has 0 aliphatic carbocycles. The van der Waals surface area contributed by atoms with E-state index in [-0.39, 0.29) is 35.7 Å². The van der Waals surface area contributed by atoms with Gasteiger partial charge >= 0.3 is 6.03 Å². The molecule has 1 atom stereocenters. The summed E-state index contributed by atoms with van der Waals surface area (Å²) in [5.74, 6) is -0.914. The van der Waals surface area contributed by atoms with Crippen molar-refractivity contribution in [3.63, 3.8) is 0 Å². The third-order valence-corrected chi connectivity index (χ3v) is 5.31. The van der Waals surface area contributed by atoms with Gasteiger partial charge in [0.2, 0.25) is 5.75 Å². The Balaban J connectivity index is 1.40. The third-order valence-electron chi connectivity index (χ3n) is 5.09. The fourth-order valence-corrected chi connectivity index (χ4v) is 3.63. The van der Waals surface area contributed by atoms with Crippen molar-refractivity contribution in [2.24, 2.45) is 0 Å². The van der Waals surface area contributed by atoms with Gasteiger partial charge in [0.25, 0.3) is 5.88 Å². The van der Waals surface area contributed by atoms with Gasteiger partial charge in [0.15, 0.2) is 6.10 Å². The Morgan fingerprint density at radius 2 is 2.03 bits per heavy atom. The van der Waals surface area contributed by atoms with Gasteiger partial charge in [-0.05, 0) is 37.1 Å². The van der Waals surface area contributed by atoms with Gasteiger partial charge in [-0.3, -0.25) is 0 Å². The van der Waals surface area contributed by atoms with Crippen LogP contribution in [0.2, 0.25) is 5.02 Å². The summed E-state index contributed by atoms with van der Waals surface area (Å²) in [7, 11) is 0. The highest BCUT2D eigenvalue weighted by Crippen LogP contribution is 2.36. The van der Waals surface area contributed by atoms with E-state index in [9.17, 15) is 18.7 Å². The minimum absolute atomic E-state index is 0.00296. The van der Waals surface area contributed by atoms with Crippen molar-refractivity contribution in [3.05, 3.63) is 52.2 Å². The second-order valence-electron chi connectivity index (χ2n) is 7.23. The average Bonchev–Trinajstić information content (AvgIpc) is 2.76. The highest BCUT2D eigenvalue weighted by molar-refractivity contribution is 6.30. The van der Waals surface area contributed by atoms with Gasteiger partial charge in [0.1, 0.15) is 18.2 Å². The van der Waals surface area contributed by atoms with Gasteiger partial charge < -0.3 is 24.8 Å². The number of hydrogen-bond acceptors (Lipinski definition) is 5. The van der Waals surface area contributed by atoms with Crippen molar-refractivity contribution >= 4 is 29.4 Å². The van der Waals surface area contributed by atoms with Gasteiger partial charge in [-0.1, -0.05) is 17.2 Å². The lowest BCUT2D eigenvalue weighted by atomic mass is 10.0. The van der Waals surface area contributed by atoms with Crippen LogP contribution in [0.3, 0.4) is 0 Å². The zero-order valence-corrected chi connectivity index (χ0v) is 17.2. The van der Waals surface area contributed by atoms with E-state index in [1.54, 1.807) is 11.0 Å². The van der Waals surface area contributed by atoms with Crippen LogP contribution >= 0.6 is 11.6 Å². The lowest BCUT2D eigenvalue weighted by Crippen LogP contribution is -2.39. The van der Waals surface area contributed by atoms with Crippen LogP contribution < -0.4 is 14.8 Å². The van der Waals surface area contributed by atoms with Crippen LogP contribution in [0.15, 0.2) is 30.0 Å². The number of pyridine rings is 1. The predicted molar refractivity (Wildman–Crippen MR) is 110 cm³/mol. The quantitative estimate of drug-likeness (QED) is 0.740. The maximum atomic E-state index is 14.0. The molecule has 3 heterocycles. The average molecular weight is 452 g/mol. The second-order valence-corrected chi connectivity index (χ2v) is 7.67. The summed E-state index contributed by atoms with van der Waals surface area (Å²) < 4.78 is 39.1. The molecular formula is C21H20ClF2N3O4. The minimum Gasteiger partial charge on any atom is -0.482 e. The van der Waals surface area contributed by atoms with Crippen LogP contribution in [-0.4, -0.2) is 53.4 Å². The number of likely N-dealkylation sites (tertiary alicyclic amines) is 1. The number of amides is 2.